The first-order chi connectivity index (χ1) is 7.62. The molecule has 0 spiro atoms. The average molecular weight is 222 g/mol. The van der Waals surface area contributed by atoms with Crippen molar-refractivity contribution >= 4 is 5.78 Å². The lowest BCUT2D eigenvalue weighted by Crippen LogP contribution is -2.34. The number of aryl methyl sites for hydroxylation is 2. The normalized spacial score (nSPS) is 24.9. The van der Waals surface area contributed by atoms with E-state index in [2.05, 4.69) is 4.98 Å². The van der Waals surface area contributed by atoms with Crippen LogP contribution in [-0.4, -0.2) is 27.5 Å². The van der Waals surface area contributed by atoms with Crippen molar-refractivity contribution in [3.05, 3.63) is 18.2 Å². The number of ether oxygens (including phenoxy) is 1. The van der Waals surface area contributed by atoms with Crippen LogP contribution in [0.1, 0.15) is 32.0 Å². The van der Waals surface area contributed by atoms with Crippen molar-refractivity contribution in [3.8, 4) is 0 Å². The molecule has 2 rings (SSSR count). The number of carbonyl (C=O) groups excluding carboxylic acids is 1. The standard InChI is InChI=1S/C12H18N2O2/c1-12(6-3-9-16-12)10(15)4-5-11-13-7-8-14(11)2/h7-8H,3-6,9H2,1-2H3. The van der Waals surface area contributed by atoms with Gasteiger partial charge in [0.15, 0.2) is 5.78 Å². The second-order valence-corrected chi connectivity index (χ2v) is 4.56. The van der Waals surface area contributed by atoms with E-state index in [4.69, 9.17) is 4.74 Å². The molecule has 1 aromatic rings. The number of nitrogens with zero attached hydrogens (tertiary/aromatic N) is 2. The van der Waals surface area contributed by atoms with Crippen molar-refractivity contribution in [3.63, 3.8) is 0 Å². The fourth-order valence-electron chi connectivity index (χ4n) is 2.13. The fraction of sp³-hybridized carbons (Fsp3) is 0.667. The minimum Gasteiger partial charge on any atom is -0.368 e. The first kappa shape index (κ1) is 11.3. The molecule has 88 valence electrons. The zero-order valence-electron chi connectivity index (χ0n) is 9.90. The van der Waals surface area contributed by atoms with Gasteiger partial charge in [-0.1, -0.05) is 0 Å². The molecular weight excluding hydrogens is 204 g/mol. The maximum atomic E-state index is 12.0. The summed E-state index contributed by atoms with van der Waals surface area (Å²) in [6.07, 6.45) is 6.71. The Morgan fingerprint density at radius 1 is 1.69 bits per heavy atom. The van der Waals surface area contributed by atoms with Crippen LogP contribution in [0.4, 0.5) is 0 Å². The molecule has 4 heteroatoms. The minimum atomic E-state index is -0.537. The van der Waals surface area contributed by atoms with Crippen LogP contribution in [0.15, 0.2) is 12.4 Å². The van der Waals surface area contributed by atoms with Crippen LogP contribution < -0.4 is 0 Å². The van der Waals surface area contributed by atoms with E-state index in [-0.39, 0.29) is 5.78 Å². The molecule has 0 aliphatic carbocycles. The van der Waals surface area contributed by atoms with Crippen molar-refractivity contribution in [1.29, 1.82) is 0 Å². The second kappa shape index (κ2) is 4.37. The maximum Gasteiger partial charge on any atom is 0.164 e. The van der Waals surface area contributed by atoms with Gasteiger partial charge in [-0.05, 0) is 19.8 Å². The molecule has 0 amide bonds. The van der Waals surface area contributed by atoms with Gasteiger partial charge in [-0.2, -0.15) is 0 Å². The number of imidazole rings is 1. The largest absolute Gasteiger partial charge is 0.368 e. The summed E-state index contributed by atoms with van der Waals surface area (Å²) < 4.78 is 7.48. The average Bonchev–Trinajstić information content (AvgIpc) is 2.85. The molecule has 1 unspecified atom stereocenters. The summed E-state index contributed by atoms with van der Waals surface area (Å²) in [7, 11) is 1.95. The van der Waals surface area contributed by atoms with E-state index in [1.165, 1.54) is 0 Å². The van der Waals surface area contributed by atoms with Crippen LogP contribution in [0.25, 0.3) is 0 Å². The molecule has 0 radical (unpaired) electrons. The third-order valence-electron chi connectivity index (χ3n) is 3.31. The zero-order valence-corrected chi connectivity index (χ0v) is 9.90. The highest BCUT2D eigenvalue weighted by molar-refractivity contribution is 5.87. The summed E-state index contributed by atoms with van der Waals surface area (Å²) in [6, 6.07) is 0. The minimum absolute atomic E-state index is 0.202. The van der Waals surface area contributed by atoms with Crippen molar-refractivity contribution in [1.82, 2.24) is 9.55 Å². The van der Waals surface area contributed by atoms with Gasteiger partial charge in [0.25, 0.3) is 0 Å². The highest BCUT2D eigenvalue weighted by atomic mass is 16.5. The molecule has 1 saturated heterocycles. The number of aromatic nitrogens is 2. The van der Waals surface area contributed by atoms with Gasteiger partial charge in [0.05, 0.1) is 0 Å². The monoisotopic (exact) mass is 222 g/mol. The predicted octanol–water partition coefficient (Wildman–Crippen LogP) is 1.49. The Balaban J connectivity index is 1.91. The van der Waals surface area contributed by atoms with Gasteiger partial charge >= 0.3 is 0 Å². The van der Waals surface area contributed by atoms with Crippen molar-refractivity contribution in [2.75, 3.05) is 6.61 Å². The number of hydrogen-bond donors (Lipinski definition) is 0. The van der Waals surface area contributed by atoms with E-state index in [0.29, 0.717) is 19.4 Å². The first-order valence-electron chi connectivity index (χ1n) is 5.75. The van der Waals surface area contributed by atoms with Gasteiger partial charge in [-0.3, -0.25) is 4.79 Å². The van der Waals surface area contributed by atoms with E-state index >= 15 is 0 Å². The summed E-state index contributed by atoms with van der Waals surface area (Å²) >= 11 is 0. The Morgan fingerprint density at radius 3 is 3.06 bits per heavy atom. The molecule has 0 aromatic carbocycles. The number of hydrogen-bond acceptors (Lipinski definition) is 3. The molecule has 1 fully saturated rings. The van der Waals surface area contributed by atoms with Gasteiger partial charge in [-0.15, -0.1) is 0 Å². The molecule has 1 atom stereocenters. The summed E-state index contributed by atoms with van der Waals surface area (Å²) in [5, 5.41) is 0. The molecular formula is C12H18N2O2. The molecule has 1 aliphatic rings. The lowest BCUT2D eigenvalue weighted by molar-refractivity contribution is -0.137. The van der Waals surface area contributed by atoms with E-state index in [9.17, 15) is 4.79 Å². The highest BCUT2D eigenvalue weighted by Gasteiger charge is 2.36. The lowest BCUT2D eigenvalue weighted by Gasteiger charge is -2.21. The third kappa shape index (κ3) is 2.16. The second-order valence-electron chi connectivity index (χ2n) is 4.56. The summed E-state index contributed by atoms with van der Waals surface area (Å²) in [5.41, 5.74) is -0.537. The SMILES string of the molecule is Cn1ccnc1CCC(=O)C1(C)CCCO1. The van der Waals surface area contributed by atoms with Crippen LogP contribution in [0.3, 0.4) is 0 Å². The molecule has 1 aliphatic heterocycles. The van der Waals surface area contributed by atoms with E-state index < -0.39 is 5.60 Å². The van der Waals surface area contributed by atoms with E-state index in [1.807, 2.05) is 24.7 Å². The molecule has 4 nitrogen and oxygen atoms in total. The van der Waals surface area contributed by atoms with Crippen molar-refractivity contribution < 1.29 is 9.53 Å². The van der Waals surface area contributed by atoms with Gasteiger partial charge in [0.1, 0.15) is 11.4 Å². The van der Waals surface area contributed by atoms with Crippen LogP contribution in [-0.2, 0) is 23.0 Å². The van der Waals surface area contributed by atoms with E-state index in [0.717, 1.165) is 18.7 Å². The Kier molecular flexibility index (Phi) is 3.10. The van der Waals surface area contributed by atoms with Gasteiger partial charge < -0.3 is 9.30 Å². The highest BCUT2D eigenvalue weighted by Crippen LogP contribution is 2.27. The van der Waals surface area contributed by atoms with Gasteiger partial charge in [0.2, 0.25) is 0 Å². The molecule has 0 bridgehead atoms. The quantitative estimate of drug-likeness (QED) is 0.775. The Hall–Kier alpha value is -1.16. The van der Waals surface area contributed by atoms with Gasteiger partial charge in [-0.25, -0.2) is 4.98 Å². The van der Waals surface area contributed by atoms with Crippen molar-refractivity contribution in [2.45, 2.75) is 38.2 Å². The molecule has 2 heterocycles. The van der Waals surface area contributed by atoms with Crippen LogP contribution in [0.5, 0.6) is 0 Å². The predicted molar refractivity (Wildman–Crippen MR) is 60.1 cm³/mol. The van der Waals surface area contributed by atoms with Crippen LogP contribution >= 0.6 is 0 Å². The zero-order chi connectivity index (χ0) is 11.6. The van der Waals surface area contributed by atoms with Gasteiger partial charge in [0, 0.05) is 38.9 Å². The fourth-order valence-corrected chi connectivity index (χ4v) is 2.13. The molecule has 1 aromatic heterocycles. The summed E-state index contributed by atoms with van der Waals surface area (Å²) in [5.74, 6) is 1.16. The lowest BCUT2D eigenvalue weighted by atomic mass is 9.94. The molecule has 16 heavy (non-hydrogen) atoms. The Bertz CT molecular complexity index is 378. The number of Topliss-reactive ketones (excluding diaryl/α,β-unsaturated/α-hetero) is 1. The molecule has 0 N–H and O–H groups in total. The topological polar surface area (TPSA) is 44.1 Å². The summed E-state index contributed by atoms with van der Waals surface area (Å²) in [6.45, 7) is 2.62. The molecule has 0 saturated carbocycles. The van der Waals surface area contributed by atoms with Crippen LogP contribution in [0, 0.1) is 0 Å². The number of rotatable bonds is 4. The Labute approximate surface area is 95.6 Å². The third-order valence-corrected chi connectivity index (χ3v) is 3.31. The number of carbonyl (C=O) groups is 1. The van der Waals surface area contributed by atoms with Crippen LogP contribution in [0.2, 0.25) is 0 Å². The number of ketones is 1. The van der Waals surface area contributed by atoms with Crippen molar-refractivity contribution in [2.24, 2.45) is 7.05 Å². The summed E-state index contributed by atoms with van der Waals surface area (Å²) in [4.78, 5) is 16.2. The first-order valence-corrected chi connectivity index (χ1v) is 5.75. The smallest absolute Gasteiger partial charge is 0.164 e. The Morgan fingerprint density at radius 2 is 2.50 bits per heavy atom. The maximum absolute atomic E-state index is 12.0. The van der Waals surface area contributed by atoms with E-state index in [1.54, 1.807) is 6.20 Å².